The fourth-order valence-corrected chi connectivity index (χ4v) is 3.07. The standard InChI is InChI=1S/2C11H11O2.C2H4.Zr/c2*1-12-10-6-7-11(13-2)9-5-3-4-8(9)10;1-2;/h2*3-7H,1-2H3;1-2H2;/q2*-1;;+2. The van der Waals surface area contributed by atoms with Crippen molar-refractivity contribution in [1.29, 1.82) is 0 Å². The van der Waals surface area contributed by atoms with Crippen molar-refractivity contribution in [2.75, 3.05) is 28.4 Å². The van der Waals surface area contributed by atoms with Crippen LogP contribution in [-0.2, 0) is 26.2 Å². The maximum absolute atomic E-state index is 5.23. The normalized spacial score (nSPS) is 9.38. The Bertz CT molecular complexity index is 858. The molecule has 0 amide bonds. The molecule has 4 nitrogen and oxygen atoms in total. The van der Waals surface area contributed by atoms with Crippen LogP contribution in [-0.4, -0.2) is 28.4 Å². The summed E-state index contributed by atoms with van der Waals surface area (Å²) < 4.78 is 20.9. The van der Waals surface area contributed by atoms with Gasteiger partial charge in [0.25, 0.3) is 0 Å². The van der Waals surface area contributed by atoms with Gasteiger partial charge in [0.1, 0.15) is 0 Å². The number of rotatable bonds is 4. The van der Waals surface area contributed by atoms with Crippen LogP contribution in [0.5, 0.6) is 23.0 Å². The van der Waals surface area contributed by atoms with E-state index in [2.05, 4.69) is 13.2 Å². The smallest absolute Gasteiger partial charge is 0.539 e. The number of hydrogen-bond donors (Lipinski definition) is 0. The molecule has 0 saturated heterocycles. The van der Waals surface area contributed by atoms with E-state index in [1.165, 1.54) is 0 Å². The van der Waals surface area contributed by atoms with Gasteiger partial charge in [0.05, 0.1) is 39.9 Å². The van der Waals surface area contributed by atoms with Crippen LogP contribution in [0.4, 0.5) is 0 Å². The van der Waals surface area contributed by atoms with Crippen molar-refractivity contribution in [1.82, 2.24) is 0 Å². The van der Waals surface area contributed by atoms with Gasteiger partial charge in [-0.1, -0.05) is 22.9 Å². The molecule has 0 N–H and O–H groups in total. The van der Waals surface area contributed by atoms with E-state index in [-0.39, 0.29) is 26.2 Å². The molecule has 0 radical (unpaired) electrons. The van der Waals surface area contributed by atoms with E-state index in [1.54, 1.807) is 28.4 Å². The first-order valence-electron chi connectivity index (χ1n) is 8.76. The Morgan fingerprint density at radius 2 is 0.862 bits per heavy atom. The van der Waals surface area contributed by atoms with Gasteiger partial charge in [-0.3, -0.25) is 0 Å². The fraction of sp³-hybridized carbons (Fsp3) is 0.167. The minimum Gasteiger partial charge on any atom is -0.539 e. The second kappa shape index (κ2) is 12.1. The molecule has 0 fully saturated rings. The average molecular weight is 470 g/mol. The van der Waals surface area contributed by atoms with Crippen LogP contribution in [0.25, 0.3) is 21.5 Å². The van der Waals surface area contributed by atoms with Crippen molar-refractivity contribution in [3.05, 3.63) is 73.8 Å². The molecular weight excluding hydrogens is 443 g/mol. The van der Waals surface area contributed by atoms with Gasteiger partial charge < -0.3 is 18.9 Å². The van der Waals surface area contributed by atoms with Gasteiger partial charge in [0.15, 0.2) is 0 Å². The third-order valence-corrected chi connectivity index (χ3v) is 4.35. The summed E-state index contributed by atoms with van der Waals surface area (Å²) in [5, 5.41) is 4.40. The summed E-state index contributed by atoms with van der Waals surface area (Å²) in [7, 11) is 6.70. The van der Waals surface area contributed by atoms with E-state index in [0.29, 0.717) is 0 Å². The van der Waals surface area contributed by atoms with Gasteiger partial charge in [-0.25, -0.2) is 0 Å². The van der Waals surface area contributed by atoms with E-state index in [4.69, 9.17) is 18.9 Å². The molecule has 0 aromatic heterocycles. The monoisotopic (exact) mass is 468 g/mol. The Labute approximate surface area is 191 Å². The Morgan fingerprint density at radius 3 is 1.17 bits per heavy atom. The molecule has 4 aromatic carbocycles. The maximum atomic E-state index is 5.23. The summed E-state index contributed by atoms with van der Waals surface area (Å²) in [5.41, 5.74) is 0. The number of benzene rings is 2. The Morgan fingerprint density at radius 1 is 0.552 bits per heavy atom. The third kappa shape index (κ3) is 5.30. The van der Waals surface area contributed by atoms with Crippen LogP contribution in [0.2, 0.25) is 0 Å². The van der Waals surface area contributed by atoms with Gasteiger partial charge in [-0.2, -0.15) is 24.3 Å². The maximum Gasteiger partial charge on any atom is 2.00 e. The minimum atomic E-state index is 0. The number of methoxy groups -OCH3 is 4. The van der Waals surface area contributed by atoms with Gasteiger partial charge in [0, 0.05) is 11.5 Å². The van der Waals surface area contributed by atoms with Crippen molar-refractivity contribution in [2.24, 2.45) is 0 Å². The van der Waals surface area contributed by atoms with E-state index in [9.17, 15) is 0 Å². The van der Waals surface area contributed by atoms with Crippen LogP contribution in [0.3, 0.4) is 0 Å². The average Bonchev–Trinajstić information content (AvgIpc) is 3.44. The molecule has 4 aromatic rings. The van der Waals surface area contributed by atoms with E-state index in [0.717, 1.165) is 44.5 Å². The van der Waals surface area contributed by atoms with Crippen LogP contribution < -0.4 is 18.9 Å². The predicted octanol–water partition coefficient (Wildman–Crippen LogP) is 5.95. The second-order valence-electron chi connectivity index (χ2n) is 5.65. The molecule has 0 spiro atoms. The van der Waals surface area contributed by atoms with Gasteiger partial charge in [-0.15, -0.1) is 36.1 Å². The number of hydrogen-bond acceptors (Lipinski definition) is 4. The quantitative estimate of drug-likeness (QED) is 0.273. The Balaban J connectivity index is 0.000000259. The summed E-state index contributed by atoms with van der Waals surface area (Å²) in [6.45, 7) is 6.00. The van der Waals surface area contributed by atoms with E-state index < -0.39 is 0 Å². The first-order valence-corrected chi connectivity index (χ1v) is 8.76. The molecule has 0 heterocycles. The summed E-state index contributed by atoms with van der Waals surface area (Å²) >= 11 is 0. The van der Waals surface area contributed by atoms with E-state index in [1.807, 2.05) is 60.7 Å². The van der Waals surface area contributed by atoms with Crippen LogP contribution in [0.15, 0.2) is 73.8 Å². The van der Waals surface area contributed by atoms with Gasteiger partial charge in [-0.05, 0) is 12.1 Å². The SMILES string of the molecule is C=C.COc1ccc(OC)c2[cH-]ccc12.COc1ccc(OC)c2[cH-]ccc12.[Zr+2]. The molecule has 0 atom stereocenters. The molecular formula is C24H26O4Zr. The molecule has 0 aliphatic heterocycles. The fourth-order valence-electron chi connectivity index (χ4n) is 3.07. The zero-order valence-corrected chi connectivity index (χ0v) is 19.8. The van der Waals surface area contributed by atoms with Crippen molar-refractivity contribution >= 4 is 21.5 Å². The molecule has 0 aliphatic rings. The zero-order valence-electron chi connectivity index (χ0n) is 17.3. The van der Waals surface area contributed by atoms with Gasteiger partial charge in [0.2, 0.25) is 0 Å². The molecule has 5 heteroatoms. The first kappa shape index (κ1) is 24.5. The molecule has 0 unspecified atom stereocenters. The largest absolute Gasteiger partial charge is 2.00 e. The first-order chi connectivity index (χ1) is 13.7. The minimum absolute atomic E-state index is 0. The topological polar surface area (TPSA) is 36.9 Å². The van der Waals surface area contributed by atoms with Crippen molar-refractivity contribution in [3.63, 3.8) is 0 Å². The zero-order chi connectivity index (χ0) is 20.5. The van der Waals surface area contributed by atoms with Crippen molar-refractivity contribution in [3.8, 4) is 23.0 Å². The molecule has 0 saturated carbocycles. The van der Waals surface area contributed by atoms with Crippen molar-refractivity contribution in [2.45, 2.75) is 0 Å². The Hall–Kier alpha value is -2.52. The number of ether oxygens (including phenoxy) is 4. The molecule has 4 rings (SSSR count). The van der Waals surface area contributed by atoms with Crippen molar-refractivity contribution < 1.29 is 45.2 Å². The van der Waals surface area contributed by atoms with Crippen LogP contribution in [0, 0.1) is 0 Å². The number of fused-ring (bicyclic) bond motifs is 2. The summed E-state index contributed by atoms with van der Waals surface area (Å²) in [5.74, 6) is 3.56. The van der Waals surface area contributed by atoms with Crippen LogP contribution >= 0.6 is 0 Å². The van der Waals surface area contributed by atoms with Crippen LogP contribution in [0.1, 0.15) is 0 Å². The second-order valence-corrected chi connectivity index (χ2v) is 5.65. The summed E-state index contributed by atoms with van der Waals surface area (Å²) in [6, 6.07) is 19.8. The summed E-state index contributed by atoms with van der Waals surface area (Å²) in [4.78, 5) is 0. The molecule has 150 valence electrons. The Kier molecular flexibility index (Phi) is 10.3. The molecule has 0 bridgehead atoms. The van der Waals surface area contributed by atoms with Gasteiger partial charge >= 0.3 is 26.2 Å². The third-order valence-electron chi connectivity index (χ3n) is 4.35. The summed E-state index contributed by atoms with van der Waals surface area (Å²) in [6.07, 6.45) is 0. The molecule has 0 aliphatic carbocycles. The van der Waals surface area contributed by atoms with E-state index >= 15 is 0 Å². The molecule has 29 heavy (non-hydrogen) atoms. The predicted molar refractivity (Wildman–Crippen MR) is 117 cm³/mol.